The van der Waals surface area contributed by atoms with Crippen molar-refractivity contribution in [2.24, 2.45) is 0 Å². The van der Waals surface area contributed by atoms with Crippen molar-refractivity contribution in [3.63, 3.8) is 0 Å². The second-order valence-corrected chi connectivity index (χ2v) is 7.53. The molecule has 9 heteroatoms. The zero-order valence-corrected chi connectivity index (χ0v) is 17.2. The maximum absolute atomic E-state index is 12.4. The molecule has 0 radical (unpaired) electrons. The first-order chi connectivity index (χ1) is 15.2. The third-order valence-corrected chi connectivity index (χ3v) is 5.28. The number of hydrogen-bond donors (Lipinski definition) is 2. The summed E-state index contributed by atoms with van der Waals surface area (Å²) in [7, 11) is 0. The Bertz CT molecular complexity index is 1120. The van der Waals surface area contributed by atoms with Gasteiger partial charge in [-0.05, 0) is 23.8 Å². The van der Waals surface area contributed by atoms with E-state index in [1.165, 1.54) is 17.5 Å². The van der Waals surface area contributed by atoms with E-state index in [0.717, 1.165) is 11.1 Å². The van der Waals surface area contributed by atoms with E-state index < -0.39 is 6.10 Å². The van der Waals surface area contributed by atoms with Crippen molar-refractivity contribution in [3.8, 4) is 16.5 Å². The van der Waals surface area contributed by atoms with Crippen molar-refractivity contribution < 1.29 is 14.6 Å². The van der Waals surface area contributed by atoms with Crippen molar-refractivity contribution in [1.29, 1.82) is 0 Å². The molecule has 156 valence electrons. The molecule has 0 spiro atoms. The van der Waals surface area contributed by atoms with Gasteiger partial charge in [0.15, 0.2) is 0 Å². The van der Waals surface area contributed by atoms with E-state index in [-0.39, 0.29) is 5.91 Å². The molecule has 0 saturated carbocycles. The largest absolute Gasteiger partial charge is 0.478 e. The van der Waals surface area contributed by atoms with Crippen molar-refractivity contribution in [3.05, 3.63) is 84.3 Å². The average molecular weight is 433 g/mol. The van der Waals surface area contributed by atoms with Crippen molar-refractivity contribution >= 4 is 22.4 Å². The molecule has 0 bridgehead atoms. The van der Waals surface area contributed by atoms with Gasteiger partial charge in [0, 0.05) is 36.6 Å². The molecule has 0 aliphatic rings. The Labute approximate surface area is 182 Å². The number of carbonyl (C=O) groups is 1. The number of nitrogens with zero attached hydrogens (tertiary/aromatic N) is 4. The molecular formula is C22H19N5O3S. The quantitative estimate of drug-likeness (QED) is 0.435. The number of carbonyl (C=O) groups excluding carboxylic acids is 1. The van der Waals surface area contributed by atoms with Gasteiger partial charge in [-0.2, -0.15) is 0 Å². The van der Waals surface area contributed by atoms with Gasteiger partial charge in [0.2, 0.25) is 11.0 Å². The highest BCUT2D eigenvalue weighted by molar-refractivity contribution is 7.18. The van der Waals surface area contributed by atoms with Crippen LogP contribution in [0.3, 0.4) is 0 Å². The van der Waals surface area contributed by atoms with Gasteiger partial charge in [-0.15, -0.1) is 10.2 Å². The highest BCUT2D eigenvalue weighted by Gasteiger charge is 2.12. The zero-order valence-electron chi connectivity index (χ0n) is 16.4. The Kier molecular flexibility index (Phi) is 6.56. The molecule has 3 heterocycles. The molecule has 1 aromatic carbocycles. The van der Waals surface area contributed by atoms with Gasteiger partial charge < -0.3 is 9.84 Å². The van der Waals surface area contributed by atoms with Crippen LogP contribution in [0.25, 0.3) is 10.6 Å². The predicted octanol–water partition coefficient (Wildman–Crippen LogP) is 3.75. The second kappa shape index (κ2) is 9.88. The summed E-state index contributed by atoms with van der Waals surface area (Å²) in [6.07, 6.45) is 4.61. The fourth-order valence-corrected chi connectivity index (χ4v) is 3.52. The number of aliphatic hydroxyl groups is 1. The van der Waals surface area contributed by atoms with Crippen LogP contribution in [0.1, 0.15) is 28.4 Å². The van der Waals surface area contributed by atoms with E-state index in [1.54, 1.807) is 24.5 Å². The zero-order chi connectivity index (χ0) is 21.5. The number of anilines is 1. The van der Waals surface area contributed by atoms with E-state index in [0.29, 0.717) is 34.6 Å². The molecule has 2 N–H and O–H groups in total. The molecule has 8 nitrogen and oxygen atoms in total. The van der Waals surface area contributed by atoms with Crippen LogP contribution >= 0.6 is 11.3 Å². The van der Waals surface area contributed by atoms with Crippen LogP contribution in [-0.4, -0.2) is 37.8 Å². The summed E-state index contributed by atoms with van der Waals surface area (Å²) in [4.78, 5) is 20.6. The number of nitrogens with one attached hydrogen (secondary N) is 1. The van der Waals surface area contributed by atoms with Crippen LogP contribution in [0.2, 0.25) is 0 Å². The Balaban J connectivity index is 1.29. The lowest BCUT2D eigenvalue weighted by molar-refractivity contribution is 0.102. The highest BCUT2D eigenvalue weighted by atomic mass is 32.1. The second-order valence-electron chi connectivity index (χ2n) is 6.55. The topological polar surface area (TPSA) is 110 Å². The van der Waals surface area contributed by atoms with E-state index in [1.807, 2.05) is 42.5 Å². The first-order valence-electron chi connectivity index (χ1n) is 9.56. The van der Waals surface area contributed by atoms with E-state index >= 15 is 0 Å². The number of ether oxygens (including phenoxy) is 1. The number of amides is 1. The summed E-state index contributed by atoms with van der Waals surface area (Å²) in [5.74, 6) is 0.0451. The van der Waals surface area contributed by atoms with Crippen LogP contribution < -0.4 is 10.1 Å². The minimum atomic E-state index is -0.602. The summed E-state index contributed by atoms with van der Waals surface area (Å²) < 4.78 is 5.58. The minimum absolute atomic E-state index is 0.303. The summed E-state index contributed by atoms with van der Waals surface area (Å²) in [5.41, 5.74) is 2.10. The lowest BCUT2D eigenvalue weighted by Crippen LogP contribution is -2.12. The van der Waals surface area contributed by atoms with E-state index in [4.69, 9.17) is 4.74 Å². The summed E-state index contributed by atoms with van der Waals surface area (Å²) >= 11 is 1.27. The van der Waals surface area contributed by atoms with Crippen molar-refractivity contribution in [2.45, 2.75) is 12.5 Å². The normalized spacial score (nSPS) is 11.6. The number of aliphatic hydroxyl groups excluding tert-OH is 1. The lowest BCUT2D eigenvalue weighted by Gasteiger charge is -2.11. The van der Waals surface area contributed by atoms with Gasteiger partial charge in [0.1, 0.15) is 5.01 Å². The van der Waals surface area contributed by atoms with Gasteiger partial charge >= 0.3 is 0 Å². The number of pyridine rings is 2. The predicted molar refractivity (Wildman–Crippen MR) is 117 cm³/mol. The van der Waals surface area contributed by atoms with Gasteiger partial charge in [-0.1, -0.05) is 41.7 Å². The number of benzene rings is 1. The van der Waals surface area contributed by atoms with Crippen molar-refractivity contribution in [2.75, 3.05) is 11.9 Å². The molecule has 1 amide bonds. The van der Waals surface area contributed by atoms with Crippen LogP contribution in [0.15, 0.2) is 73.2 Å². The van der Waals surface area contributed by atoms with Gasteiger partial charge in [0.05, 0.1) is 18.3 Å². The number of aromatic nitrogens is 4. The molecule has 0 aliphatic heterocycles. The average Bonchev–Trinajstić information content (AvgIpc) is 3.29. The maximum atomic E-state index is 12.4. The monoisotopic (exact) mass is 433 g/mol. The van der Waals surface area contributed by atoms with Gasteiger partial charge in [-0.25, -0.2) is 4.98 Å². The molecule has 0 fully saturated rings. The fraction of sp³-hybridized carbons (Fsp3) is 0.136. The standard InChI is InChI=1S/C22H19N5O3S/c28-18(15-4-2-1-3-5-15)10-13-30-19-7-6-17(14-24-19)20(29)25-22-27-26-21(31-22)16-8-11-23-12-9-16/h1-9,11-12,14,18,28H,10,13H2,(H,25,27,29)/t18-/m1/s1. The van der Waals surface area contributed by atoms with Crippen LogP contribution in [0.5, 0.6) is 5.88 Å². The highest BCUT2D eigenvalue weighted by Crippen LogP contribution is 2.26. The third kappa shape index (κ3) is 5.47. The molecule has 1 atom stereocenters. The summed E-state index contributed by atoms with van der Waals surface area (Å²) in [5, 5.41) is 22.1. The summed E-state index contributed by atoms with van der Waals surface area (Å²) in [6, 6.07) is 16.3. The van der Waals surface area contributed by atoms with Crippen LogP contribution in [0.4, 0.5) is 5.13 Å². The van der Waals surface area contributed by atoms with Crippen LogP contribution in [-0.2, 0) is 0 Å². The molecule has 0 aliphatic carbocycles. The minimum Gasteiger partial charge on any atom is -0.478 e. The Morgan fingerprint density at radius 1 is 1.06 bits per heavy atom. The molecule has 31 heavy (non-hydrogen) atoms. The maximum Gasteiger partial charge on any atom is 0.259 e. The Morgan fingerprint density at radius 2 is 1.87 bits per heavy atom. The molecule has 4 aromatic rings. The van der Waals surface area contributed by atoms with E-state index in [2.05, 4.69) is 25.5 Å². The first-order valence-corrected chi connectivity index (χ1v) is 10.4. The van der Waals surface area contributed by atoms with E-state index in [9.17, 15) is 9.90 Å². The smallest absolute Gasteiger partial charge is 0.259 e. The molecule has 0 saturated heterocycles. The van der Waals surface area contributed by atoms with Crippen molar-refractivity contribution in [1.82, 2.24) is 20.2 Å². The molecule has 4 rings (SSSR count). The fourth-order valence-electron chi connectivity index (χ4n) is 2.77. The third-order valence-electron chi connectivity index (χ3n) is 4.40. The molecule has 0 unspecified atom stereocenters. The Hall–Kier alpha value is -3.69. The molecular weight excluding hydrogens is 414 g/mol. The Morgan fingerprint density at radius 3 is 2.61 bits per heavy atom. The molecule has 3 aromatic heterocycles. The number of rotatable bonds is 8. The van der Waals surface area contributed by atoms with Gasteiger partial charge in [0.25, 0.3) is 5.91 Å². The SMILES string of the molecule is O=C(Nc1nnc(-c2ccncc2)s1)c1ccc(OCC[C@@H](O)c2ccccc2)nc1. The first kappa shape index (κ1) is 20.6. The number of hydrogen-bond acceptors (Lipinski definition) is 8. The van der Waals surface area contributed by atoms with Crippen LogP contribution in [0, 0.1) is 0 Å². The summed E-state index contributed by atoms with van der Waals surface area (Å²) in [6.45, 7) is 0.303. The lowest BCUT2D eigenvalue weighted by atomic mass is 10.1. The van der Waals surface area contributed by atoms with Gasteiger partial charge in [-0.3, -0.25) is 15.1 Å².